The molecule has 6 nitrogen and oxygen atoms in total. The molecule has 0 radical (unpaired) electrons. The molecule has 3 aromatic rings. The highest BCUT2D eigenvalue weighted by Gasteiger charge is 2.29. The SMILES string of the molecule is CCOc1ccccc1C(=O)Nc1c2c(nn1-c1ccc(C)cc1C)CS(=O)C2. The summed E-state index contributed by atoms with van der Waals surface area (Å²) in [5.74, 6) is 1.63. The molecule has 0 saturated heterocycles. The third-order valence-corrected chi connectivity index (χ3v) is 6.12. The normalized spacial score (nSPS) is 15.2. The second-order valence-corrected chi connectivity index (χ2v) is 8.54. The molecule has 1 aromatic heterocycles. The highest BCUT2D eigenvalue weighted by molar-refractivity contribution is 7.83. The molecule has 1 aliphatic rings. The van der Waals surface area contributed by atoms with Gasteiger partial charge in [-0.05, 0) is 44.5 Å². The number of aromatic nitrogens is 2. The standard InChI is InChI=1S/C22H23N3O3S/c1-4-28-20-8-6-5-7-16(20)22(26)23-21-17-12-29(27)13-18(17)24-25(21)19-10-9-14(2)11-15(19)3/h5-11H,4,12-13H2,1-3H3,(H,23,26). The van der Waals surface area contributed by atoms with Crippen molar-refractivity contribution in [2.75, 3.05) is 11.9 Å². The van der Waals surface area contributed by atoms with E-state index in [4.69, 9.17) is 4.74 Å². The average Bonchev–Trinajstić information content (AvgIpc) is 3.19. The van der Waals surface area contributed by atoms with Gasteiger partial charge in [0.2, 0.25) is 0 Å². The summed E-state index contributed by atoms with van der Waals surface area (Å²) in [7, 11) is -0.991. The monoisotopic (exact) mass is 409 g/mol. The van der Waals surface area contributed by atoms with Crippen LogP contribution in [0.4, 0.5) is 5.82 Å². The number of nitrogens with zero attached hydrogens (tertiary/aromatic N) is 2. The van der Waals surface area contributed by atoms with Crippen molar-refractivity contribution < 1.29 is 13.7 Å². The third kappa shape index (κ3) is 3.70. The minimum Gasteiger partial charge on any atom is -0.493 e. The van der Waals surface area contributed by atoms with Crippen LogP contribution in [0.1, 0.15) is 39.7 Å². The largest absolute Gasteiger partial charge is 0.493 e. The number of ether oxygens (including phenoxy) is 1. The number of para-hydroxylation sites is 1. The molecule has 1 N–H and O–H groups in total. The fourth-order valence-corrected chi connectivity index (χ4v) is 4.85. The molecule has 2 aromatic carbocycles. The fraction of sp³-hybridized carbons (Fsp3) is 0.273. The lowest BCUT2D eigenvalue weighted by atomic mass is 10.1. The number of carbonyl (C=O) groups is 1. The number of carbonyl (C=O) groups excluding carboxylic acids is 1. The molecular formula is C22H23N3O3S. The van der Waals surface area contributed by atoms with Gasteiger partial charge in [-0.1, -0.05) is 29.8 Å². The summed E-state index contributed by atoms with van der Waals surface area (Å²) in [6.07, 6.45) is 0. The van der Waals surface area contributed by atoms with Crippen LogP contribution in [-0.4, -0.2) is 26.5 Å². The van der Waals surface area contributed by atoms with Crippen molar-refractivity contribution in [1.29, 1.82) is 0 Å². The lowest BCUT2D eigenvalue weighted by molar-refractivity contribution is 0.102. The Morgan fingerprint density at radius 3 is 2.76 bits per heavy atom. The van der Waals surface area contributed by atoms with Gasteiger partial charge in [0.15, 0.2) is 0 Å². The van der Waals surface area contributed by atoms with Crippen LogP contribution in [0.2, 0.25) is 0 Å². The van der Waals surface area contributed by atoms with Crippen molar-refractivity contribution in [3.05, 3.63) is 70.4 Å². The molecule has 150 valence electrons. The zero-order chi connectivity index (χ0) is 20.5. The Morgan fingerprint density at radius 2 is 2.00 bits per heavy atom. The Labute approximate surface area is 172 Å². The molecule has 0 bridgehead atoms. The molecule has 0 saturated carbocycles. The number of aryl methyl sites for hydroxylation is 2. The summed E-state index contributed by atoms with van der Waals surface area (Å²) in [6, 6.07) is 13.2. The number of rotatable bonds is 5. The van der Waals surface area contributed by atoms with Gasteiger partial charge in [-0.25, -0.2) is 4.68 Å². The molecule has 1 unspecified atom stereocenters. The Morgan fingerprint density at radius 1 is 1.21 bits per heavy atom. The van der Waals surface area contributed by atoms with Crippen molar-refractivity contribution in [3.63, 3.8) is 0 Å². The van der Waals surface area contributed by atoms with E-state index in [-0.39, 0.29) is 5.91 Å². The maximum Gasteiger partial charge on any atom is 0.260 e. The van der Waals surface area contributed by atoms with E-state index in [1.165, 1.54) is 0 Å². The number of nitrogens with one attached hydrogen (secondary N) is 1. The van der Waals surface area contributed by atoms with Crippen LogP contribution in [0, 0.1) is 13.8 Å². The maximum atomic E-state index is 13.1. The fourth-order valence-electron chi connectivity index (χ4n) is 3.58. The minimum absolute atomic E-state index is 0.277. The highest BCUT2D eigenvalue weighted by Crippen LogP contribution is 2.33. The van der Waals surface area contributed by atoms with Crippen LogP contribution in [0.25, 0.3) is 5.69 Å². The molecule has 29 heavy (non-hydrogen) atoms. The number of benzene rings is 2. The molecule has 2 heterocycles. The van der Waals surface area contributed by atoms with Gasteiger partial charge in [0.1, 0.15) is 11.6 Å². The van der Waals surface area contributed by atoms with Gasteiger partial charge in [0, 0.05) is 16.4 Å². The molecule has 1 amide bonds. The number of hydrogen-bond acceptors (Lipinski definition) is 4. The molecular weight excluding hydrogens is 386 g/mol. The first-order valence-corrected chi connectivity index (χ1v) is 11.0. The average molecular weight is 410 g/mol. The van der Waals surface area contributed by atoms with E-state index in [2.05, 4.69) is 16.5 Å². The summed E-state index contributed by atoms with van der Waals surface area (Å²) < 4.78 is 19.5. The lowest BCUT2D eigenvalue weighted by Crippen LogP contribution is -2.18. The van der Waals surface area contributed by atoms with Gasteiger partial charge in [-0.2, -0.15) is 5.10 Å². The second-order valence-electron chi connectivity index (χ2n) is 7.09. The third-order valence-electron chi connectivity index (χ3n) is 4.91. The zero-order valence-corrected chi connectivity index (χ0v) is 17.5. The van der Waals surface area contributed by atoms with E-state index in [9.17, 15) is 9.00 Å². The van der Waals surface area contributed by atoms with Crippen LogP contribution in [0.15, 0.2) is 42.5 Å². The van der Waals surface area contributed by atoms with E-state index < -0.39 is 10.8 Å². The number of fused-ring (bicyclic) bond motifs is 1. The van der Waals surface area contributed by atoms with Crippen LogP contribution >= 0.6 is 0 Å². The van der Waals surface area contributed by atoms with E-state index >= 15 is 0 Å². The van der Waals surface area contributed by atoms with Gasteiger partial charge in [-0.15, -0.1) is 0 Å². The zero-order valence-electron chi connectivity index (χ0n) is 16.7. The first-order valence-electron chi connectivity index (χ1n) is 9.54. The maximum absolute atomic E-state index is 13.1. The van der Waals surface area contributed by atoms with E-state index in [1.54, 1.807) is 22.9 Å². The summed E-state index contributed by atoms with van der Waals surface area (Å²) in [5.41, 5.74) is 5.17. The summed E-state index contributed by atoms with van der Waals surface area (Å²) in [5, 5.41) is 7.70. The molecule has 0 spiro atoms. The molecule has 0 aliphatic carbocycles. The highest BCUT2D eigenvalue weighted by atomic mass is 32.2. The Hall–Kier alpha value is -2.93. The van der Waals surface area contributed by atoms with E-state index in [1.807, 2.05) is 39.0 Å². The van der Waals surface area contributed by atoms with Gasteiger partial charge in [-0.3, -0.25) is 9.00 Å². The number of hydrogen-bond donors (Lipinski definition) is 1. The van der Waals surface area contributed by atoms with Crippen LogP contribution in [0.3, 0.4) is 0 Å². The number of amides is 1. The molecule has 1 atom stereocenters. The second kappa shape index (κ2) is 7.83. The van der Waals surface area contributed by atoms with Crippen molar-refractivity contribution in [2.45, 2.75) is 32.3 Å². The van der Waals surface area contributed by atoms with Crippen molar-refractivity contribution in [1.82, 2.24) is 9.78 Å². The minimum atomic E-state index is -0.991. The van der Waals surface area contributed by atoms with E-state index in [0.29, 0.717) is 35.2 Å². The topological polar surface area (TPSA) is 73.2 Å². The van der Waals surface area contributed by atoms with Crippen LogP contribution in [0.5, 0.6) is 5.75 Å². The van der Waals surface area contributed by atoms with Crippen molar-refractivity contribution >= 4 is 22.5 Å². The molecule has 4 rings (SSSR count). The predicted octanol–water partition coefficient (Wildman–Crippen LogP) is 3.90. The molecule has 0 fully saturated rings. The first kappa shape index (κ1) is 19.4. The molecule has 7 heteroatoms. The summed E-state index contributed by atoms with van der Waals surface area (Å²) in [4.78, 5) is 13.1. The van der Waals surface area contributed by atoms with Gasteiger partial charge < -0.3 is 10.1 Å². The Kier molecular flexibility index (Phi) is 5.24. The summed E-state index contributed by atoms with van der Waals surface area (Å²) >= 11 is 0. The Bertz CT molecular complexity index is 1120. The smallest absolute Gasteiger partial charge is 0.260 e. The molecule has 1 aliphatic heterocycles. The lowest BCUT2D eigenvalue weighted by Gasteiger charge is -2.15. The van der Waals surface area contributed by atoms with Gasteiger partial charge >= 0.3 is 0 Å². The van der Waals surface area contributed by atoms with Crippen molar-refractivity contribution in [2.24, 2.45) is 0 Å². The first-order chi connectivity index (χ1) is 14.0. The number of anilines is 1. The Balaban J connectivity index is 1.77. The van der Waals surface area contributed by atoms with Gasteiger partial charge in [0.25, 0.3) is 5.91 Å². The van der Waals surface area contributed by atoms with Crippen LogP contribution < -0.4 is 10.1 Å². The van der Waals surface area contributed by atoms with Crippen molar-refractivity contribution in [3.8, 4) is 11.4 Å². The van der Waals surface area contributed by atoms with Crippen LogP contribution in [-0.2, 0) is 22.3 Å². The van der Waals surface area contributed by atoms with E-state index in [0.717, 1.165) is 28.1 Å². The van der Waals surface area contributed by atoms with Gasteiger partial charge in [0.05, 0.1) is 35.1 Å². The predicted molar refractivity (Wildman–Crippen MR) is 114 cm³/mol. The quantitative estimate of drug-likeness (QED) is 0.694. The summed E-state index contributed by atoms with van der Waals surface area (Å²) in [6.45, 7) is 6.41.